The first kappa shape index (κ1) is 12.8. The van der Waals surface area contributed by atoms with Gasteiger partial charge in [0.15, 0.2) is 0 Å². The number of rotatable bonds is 7. The van der Waals surface area contributed by atoms with Crippen LogP contribution in [0.5, 0.6) is 0 Å². The molecule has 0 aromatic carbocycles. The van der Waals surface area contributed by atoms with Crippen LogP contribution in [-0.4, -0.2) is 28.3 Å². The minimum atomic E-state index is -0.102. The van der Waals surface area contributed by atoms with Gasteiger partial charge in [-0.3, -0.25) is 0 Å². The average molecular weight is 234 g/mol. The summed E-state index contributed by atoms with van der Waals surface area (Å²) in [4.78, 5) is 0. The maximum atomic E-state index is 8.61. The molecule has 0 unspecified atom stereocenters. The highest BCUT2D eigenvalue weighted by molar-refractivity contribution is 6.28. The van der Waals surface area contributed by atoms with Crippen LogP contribution in [0.15, 0.2) is 0 Å². The van der Waals surface area contributed by atoms with Crippen LogP contribution in [0.2, 0.25) is 0 Å². The number of hydrogen-bond donors (Lipinski definition) is 1. The van der Waals surface area contributed by atoms with Crippen LogP contribution < -0.4 is 0 Å². The summed E-state index contributed by atoms with van der Waals surface area (Å²) in [5, 5.41) is 8.59. The number of unbranched alkanes of at least 4 members (excludes halogenated alkanes) is 1. The van der Waals surface area contributed by atoms with Gasteiger partial charge in [0.2, 0.25) is 0 Å². The zero-order chi connectivity index (χ0) is 9.40. The van der Waals surface area contributed by atoms with Crippen LogP contribution in [-0.2, 0) is 0 Å². The van der Waals surface area contributed by atoms with Crippen molar-refractivity contribution in [2.24, 2.45) is 0 Å². The molecule has 0 heterocycles. The summed E-state index contributed by atoms with van der Waals surface area (Å²) in [5.74, 6) is 0.506. The Hall–Kier alpha value is 0.830. The highest BCUT2D eigenvalue weighted by Crippen LogP contribution is 2.13. The van der Waals surface area contributed by atoms with Crippen molar-refractivity contribution in [2.45, 2.75) is 36.4 Å². The van der Waals surface area contributed by atoms with Crippen molar-refractivity contribution in [2.75, 3.05) is 12.5 Å². The predicted molar refractivity (Wildman–Crippen MR) is 55.6 cm³/mol. The van der Waals surface area contributed by atoms with E-state index < -0.39 is 0 Å². The fourth-order valence-electron chi connectivity index (χ4n) is 0.900. The molecule has 1 nitrogen and oxygen atoms in total. The van der Waals surface area contributed by atoms with E-state index in [1.807, 2.05) is 0 Å². The normalized spacial score (nSPS) is 16.0. The summed E-state index contributed by atoms with van der Waals surface area (Å²) in [5.41, 5.74) is 0. The topological polar surface area (TPSA) is 20.2 Å². The Morgan fingerprint density at radius 3 is 1.92 bits per heavy atom. The Bertz CT molecular complexity index is 88.3. The third-order valence-corrected chi connectivity index (χ3v) is 2.91. The van der Waals surface area contributed by atoms with E-state index in [9.17, 15) is 0 Å². The van der Waals surface area contributed by atoms with Crippen molar-refractivity contribution in [3.63, 3.8) is 0 Å². The summed E-state index contributed by atoms with van der Waals surface area (Å²) >= 11 is 17.0. The largest absolute Gasteiger partial charge is 0.395 e. The van der Waals surface area contributed by atoms with E-state index in [0.717, 1.165) is 25.7 Å². The van der Waals surface area contributed by atoms with Gasteiger partial charge in [0.1, 0.15) is 0 Å². The van der Waals surface area contributed by atoms with Gasteiger partial charge in [-0.05, 0) is 12.8 Å². The van der Waals surface area contributed by atoms with E-state index >= 15 is 0 Å². The Balaban J connectivity index is 3.10. The molecule has 0 bridgehead atoms. The fraction of sp³-hybridized carbons (Fsp3) is 1.00. The van der Waals surface area contributed by atoms with E-state index in [1.54, 1.807) is 0 Å². The van der Waals surface area contributed by atoms with E-state index in [2.05, 4.69) is 0 Å². The lowest BCUT2D eigenvalue weighted by Crippen LogP contribution is -2.05. The molecule has 0 fully saturated rings. The van der Waals surface area contributed by atoms with Gasteiger partial charge < -0.3 is 5.11 Å². The number of halogens is 3. The van der Waals surface area contributed by atoms with Gasteiger partial charge in [0.05, 0.1) is 12.0 Å². The van der Waals surface area contributed by atoms with Gasteiger partial charge in [0, 0.05) is 11.3 Å². The van der Waals surface area contributed by atoms with E-state index in [4.69, 9.17) is 39.9 Å². The maximum absolute atomic E-state index is 8.61. The second kappa shape index (κ2) is 8.43. The summed E-state index contributed by atoms with van der Waals surface area (Å²) in [6.07, 6.45) is 3.82. The average Bonchev–Trinajstić information content (AvgIpc) is 2.11. The van der Waals surface area contributed by atoms with Crippen LogP contribution in [0.4, 0.5) is 0 Å². The summed E-state index contributed by atoms with van der Waals surface area (Å²) in [7, 11) is 0. The maximum Gasteiger partial charge on any atom is 0.0595 e. The van der Waals surface area contributed by atoms with Crippen molar-refractivity contribution < 1.29 is 5.11 Å². The molecule has 0 aromatic rings. The summed E-state index contributed by atoms with van der Waals surface area (Å²) in [6, 6.07) is 0. The van der Waals surface area contributed by atoms with Crippen LogP contribution in [0.1, 0.15) is 25.7 Å². The summed E-state index contributed by atoms with van der Waals surface area (Å²) in [6.45, 7) is 0.0569. The molecule has 0 saturated carbocycles. The summed E-state index contributed by atoms with van der Waals surface area (Å²) < 4.78 is 0. The molecule has 0 radical (unpaired) electrons. The van der Waals surface area contributed by atoms with Gasteiger partial charge in [0.25, 0.3) is 0 Å². The molecule has 0 amide bonds. The third kappa shape index (κ3) is 7.48. The molecule has 0 rings (SSSR count). The molecule has 0 saturated heterocycles. The van der Waals surface area contributed by atoms with Crippen LogP contribution in [0.25, 0.3) is 0 Å². The standard InChI is InChI=1S/C8H15Cl3O/c9-5-7(10)3-1-2-4-8(11)6-12/h7-8,12H,1-6H2/t7-,8+/m0/s1. The van der Waals surface area contributed by atoms with Crippen LogP contribution in [0.3, 0.4) is 0 Å². The Morgan fingerprint density at radius 2 is 1.50 bits per heavy atom. The highest BCUT2D eigenvalue weighted by atomic mass is 35.5. The molecule has 12 heavy (non-hydrogen) atoms. The Labute approximate surface area is 89.0 Å². The Kier molecular flexibility index (Phi) is 9.01. The molecule has 0 aliphatic rings. The van der Waals surface area contributed by atoms with Gasteiger partial charge in [-0.25, -0.2) is 0 Å². The SMILES string of the molecule is OC[C@H](Cl)CCCC[C@H](Cl)CCl. The number of alkyl halides is 3. The fourth-order valence-corrected chi connectivity index (χ4v) is 1.36. The van der Waals surface area contributed by atoms with Crippen molar-refractivity contribution in [3.05, 3.63) is 0 Å². The lowest BCUT2D eigenvalue weighted by atomic mass is 10.1. The second-order valence-corrected chi connectivity index (χ2v) is 4.36. The molecule has 0 aromatic heterocycles. The van der Waals surface area contributed by atoms with Gasteiger partial charge in [-0.1, -0.05) is 12.8 Å². The number of hydrogen-bond acceptors (Lipinski definition) is 1. The molecule has 0 aliphatic heterocycles. The first-order valence-electron chi connectivity index (χ1n) is 4.15. The molecular weight excluding hydrogens is 218 g/mol. The zero-order valence-electron chi connectivity index (χ0n) is 6.98. The van der Waals surface area contributed by atoms with Gasteiger partial charge in [-0.15, -0.1) is 34.8 Å². The lowest BCUT2D eigenvalue weighted by molar-refractivity contribution is 0.286. The minimum Gasteiger partial charge on any atom is -0.395 e. The Morgan fingerprint density at radius 1 is 1.00 bits per heavy atom. The van der Waals surface area contributed by atoms with Crippen molar-refractivity contribution in [3.8, 4) is 0 Å². The number of aliphatic hydroxyl groups excluding tert-OH is 1. The van der Waals surface area contributed by atoms with Crippen molar-refractivity contribution in [1.82, 2.24) is 0 Å². The van der Waals surface area contributed by atoms with Gasteiger partial charge in [-0.2, -0.15) is 0 Å². The monoisotopic (exact) mass is 232 g/mol. The molecule has 74 valence electrons. The van der Waals surface area contributed by atoms with Crippen LogP contribution in [0, 0.1) is 0 Å². The molecule has 0 spiro atoms. The highest BCUT2D eigenvalue weighted by Gasteiger charge is 2.04. The minimum absolute atomic E-state index is 0.0569. The van der Waals surface area contributed by atoms with Crippen molar-refractivity contribution >= 4 is 34.8 Å². The van der Waals surface area contributed by atoms with Crippen LogP contribution >= 0.6 is 34.8 Å². The van der Waals surface area contributed by atoms with E-state index in [1.165, 1.54) is 0 Å². The predicted octanol–water partition coefficient (Wildman–Crippen LogP) is 2.99. The van der Waals surface area contributed by atoms with Gasteiger partial charge >= 0.3 is 0 Å². The van der Waals surface area contributed by atoms with E-state index in [-0.39, 0.29) is 17.4 Å². The first-order chi connectivity index (χ1) is 5.70. The number of aliphatic hydroxyl groups is 1. The van der Waals surface area contributed by atoms with Crippen molar-refractivity contribution in [1.29, 1.82) is 0 Å². The quantitative estimate of drug-likeness (QED) is 0.529. The smallest absolute Gasteiger partial charge is 0.0595 e. The zero-order valence-corrected chi connectivity index (χ0v) is 9.25. The second-order valence-electron chi connectivity index (χ2n) is 2.82. The molecule has 1 N–H and O–H groups in total. The molecule has 0 aliphatic carbocycles. The molecule has 4 heteroatoms. The van der Waals surface area contributed by atoms with E-state index in [0.29, 0.717) is 5.88 Å². The third-order valence-electron chi connectivity index (χ3n) is 1.65. The molecular formula is C8H15Cl3O. The molecule has 2 atom stereocenters. The lowest BCUT2D eigenvalue weighted by Gasteiger charge is -2.06. The first-order valence-corrected chi connectivity index (χ1v) is 5.56.